The van der Waals surface area contributed by atoms with Gasteiger partial charge in [0.25, 0.3) is 0 Å². The average molecular weight is 1120 g/mol. The first-order valence-electron chi connectivity index (χ1n) is 28.5. The molecule has 0 fully saturated rings. The Bertz CT molecular complexity index is 2690. The van der Waals surface area contributed by atoms with E-state index in [0.717, 1.165) is 51.4 Å². The molecule has 2 aliphatic carbocycles. The minimum atomic E-state index is -0.488. The highest BCUT2D eigenvalue weighted by atomic mass is 18.2. The molecule has 5 aromatic rings. The van der Waals surface area contributed by atoms with Crippen molar-refractivity contribution < 1.29 is 26.7 Å². The zero-order valence-corrected chi connectivity index (χ0v) is 49.1. The molecule has 5 aromatic carbocycles. The second-order valence-corrected chi connectivity index (χ2v) is 20.5. The minimum absolute atomic E-state index is 0.112. The summed E-state index contributed by atoms with van der Waals surface area (Å²) in [6.07, 6.45) is 34.6. The van der Waals surface area contributed by atoms with Gasteiger partial charge in [-0.05, 0) is 130 Å². The quantitative estimate of drug-likeness (QED) is 0.0311. The molecule has 0 aromatic heterocycles. The van der Waals surface area contributed by atoms with Gasteiger partial charge in [0.15, 0.2) is 0 Å². The number of hydrogen-bond donors (Lipinski definition) is 0. The van der Waals surface area contributed by atoms with Gasteiger partial charge in [0.05, 0.1) is 32.7 Å². The van der Waals surface area contributed by atoms with E-state index in [1.165, 1.54) is 38.9 Å². The predicted molar refractivity (Wildman–Crippen MR) is 332 cm³/mol. The third-order valence-corrected chi connectivity index (χ3v) is 14.7. The van der Waals surface area contributed by atoms with Crippen molar-refractivity contribution in [1.29, 1.82) is 0 Å². The van der Waals surface area contributed by atoms with Crippen LogP contribution in [0.25, 0.3) is 0 Å². The van der Waals surface area contributed by atoms with Gasteiger partial charge in [0, 0.05) is 49.8 Å². The number of alkyl halides is 5. The number of terminal acetylenes is 5. The standard InChI is InChI=1S/C15H20FNO.C15H18FN.C14H16FN.C14H18FN.C13H16FN/c1-4-10-17(3)13(2)12-14-5-7-15(8-6-14)18-11-9-16;1-2-11-17(12-10-16)15-9-5-7-13-6-3-4-8-14(13)15;1-2-10-16(11-9-15)14-8-7-12-5-3-4-6-13(12)14;1-3-10-16(11-9-15)13(2)12-14-7-5-4-6-8-14;1-3-9-15(11-14)12(2)10-13-7-5-4-6-8-13/h1,5-8,13H,9-12H2,2-3H3;1,3-4,6,8,15H,5,7,9-12H2;1,3-6,14H,7-11H2;1,4-8,13H,9-12H2,2H3;1,4-8,12H,9-11H2,2H3/i2*16-1;2*15-1;14-1. The summed E-state index contributed by atoms with van der Waals surface area (Å²) in [7, 11) is 2.02. The van der Waals surface area contributed by atoms with Gasteiger partial charge in [-0.1, -0.05) is 151 Å². The van der Waals surface area contributed by atoms with E-state index in [-0.39, 0.29) is 38.7 Å². The fraction of sp³-hybridized carbons (Fsp3) is 0.437. The molecular weight excluding hydrogens is 1030 g/mol. The molecule has 2 aliphatic rings. The molecule has 0 saturated carbocycles. The predicted octanol–water partition coefficient (Wildman–Crippen LogP) is 13.1. The highest BCUT2D eigenvalue weighted by molar-refractivity contribution is 5.35. The van der Waals surface area contributed by atoms with E-state index in [9.17, 15) is 22.0 Å². The molecule has 6 nitrogen and oxygen atoms in total. The van der Waals surface area contributed by atoms with Crippen LogP contribution in [0.4, 0.5) is 22.0 Å². The number of hydrogen-bond acceptors (Lipinski definition) is 6. The third-order valence-electron chi connectivity index (χ3n) is 14.7. The van der Waals surface area contributed by atoms with E-state index in [2.05, 4.69) is 113 Å². The summed E-state index contributed by atoms with van der Waals surface area (Å²) in [5, 5.41) is 0. The Balaban J connectivity index is 0.000000269. The van der Waals surface area contributed by atoms with Crippen LogP contribution >= 0.6 is 0 Å². The van der Waals surface area contributed by atoms with E-state index >= 15 is 0 Å². The van der Waals surface area contributed by atoms with Gasteiger partial charge >= 0.3 is 0 Å². The van der Waals surface area contributed by atoms with E-state index in [1.807, 2.05) is 97.7 Å². The molecule has 0 amide bonds. The number of benzene rings is 5. The lowest BCUT2D eigenvalue weighted by Gasteiger charge is -2.34. The molecule has 0 aliphatic heterocycles. The Hall–Kier alpha value is -6.85. The summed E-state index contributed by atoms with van der Waals surface area (Å²) in [6, 6.07) is 46.2. The summed E-state index contributed by atoms with van der Waals surface area (Å²) < 4.78 is 67.2. The molecule has 0 N–H and O–H groups in total. The third kappa shape index (κ3) is 25.5. The summed E-state index contributed by atoms with van der Waals surface area (Å²) in [5.74, 6) is 13.7. The van der Waals surface area contributed by atoms with Crippen molar-refractivity contribution in [3.63, 3.8) is 0 Å². The van der Waals surface area contributed by atoms with Gasteiger partial charge in [0.2, 0.25) is 0 Å². The van der Waals surface area contributed by atoms with Crippen LogP contribution in [0.2, 0.25) is 0 Å². The maximum atomic E-state index is 12.6. The number of nitrogens with zero attached hydrogens (tertiary/aromatic N) is 5. The van der Waals surface area contributed by atoms with E-state index < -0.39 is 13.5 Å². The van der Waals surface area contributed by atoms with Gasteiger partial charge in [-0.2, -0.15) is 0 Å². The number of rotatable bonds is 26. The molecule has 82 heavy (non-hydrogen) atoms. The molecule has 0 heterocycles. The van der Waals surface area contributed by atoms with Crippen LogP contribution in [-0.2, 0) is 32.1 Å². The van der Waals surface area contributed by atoms with Crippen molar-refractivity contribution in [2.24, 2.45) is 0 Å². The van der Waals surface area contributed by atoms with Crippen LogP contribution in [0.1, 0.15) is 91.1 Å². The fourth-order valence-corrected chi connectivity index (χ4v) is 10.1. The molecule has 0 bridgehead atoms. The highest BCUT2D eigenvalue weighted by Crippen LogP contribution is 2.36. The van der Waals surface area contributed by atoms with Gasteiger partial charge in [-0.15, -0.1) is 32.1 Å². The number of fused-ring (bicyclic) bond motifs is 2. The number of aryl methyl sites for hydroxylation is 2. The van der Waals surface area contributed by atoms with Crippen molar-refractivity contribution in [2.75, 3.05) is 99.5 Å². The number of likely N-dealkylation sites (N-methyl/N-ethyl adjacent to an activating group) is 1. The van der Waals surface area contributed by atoms with Crippen LogP contribution < -0.4 is 4.74 Å². The SMILES string of the molecule is C#CCN(C)C(C)Cc1ccc(OCC[18F])cc1.C#CCN(CC[18F])C(C)Cc1ccccc1.C#CCN(CC[18F])C1CCCc2ccccc21.C#CCN(CC[18F])C1CCc2ccccc21.C#CCN(C[18F])C(C)Cc1ccccc1. The minimum Gasteiger partial charge on any atom is -0.491 e. The first-order chi connectivity index (χ1) is 39.9. The second-order valence-electron chi connectivity index (χ2n) is 20.5. The largest absolute Gasteiger partial charge is 0.491 e. The van der Waals surface area contributed by atoms with Crippen LogP contribution in [0.5, 0.6) is 5.75 Å². The van der Waals surface area contributed by atoms with Crippen LogP contribution in [0.15, 0.2) is 133 Å². The molecule has 11 heteroatoms. The average Bonchev–Trinajstić information content (AvgIpc) is 3.96. The van der Waals surface area contributed by atoms with Crippen LogP contribution in [0, 0.1) is 61.7 Å². The van der Waals surface area contributed by atoms with E-state index in [1.54, 1.807) is 4.90 Å². The molecule has 438 valence electrons. The van der Waals surface area contributed by atoms with Gasteiger partial charge in [0.1, 0.15) is 45.9 Å². The molecular formula is C71H88F5N5O. The van der Waals surface area contributed by atoms with Crippen LogP contribution in [-0.4, -0.2) is 142 Å². The molecule has 0 spiro atoms. The molecule has 0 radical (unpaired) electrons. The first-order valence-corrected chi connectivity index (χ1v) is 28.5. The van der Waals surface area contributed by atoms with Gasteiger partial charge in [-0.3, -0.25) is 24.5 Å². The number of halogens is 5. The van der Waals surface area contributed by atoms with Crippen molar-refractivity contribution in [2.45, 2.75) is 102 Å². The smallest absolute Gasteiger partial charge is 0.144 e. The maximum absolute atomic E-state index is 12.6. The highest BCUT2D eigenvalue weighted by Gasteiger charge is 2.27. The summed E-state index contributed by atoms with van der Waals surface area (Å²) in [4.78, 5) is 9.91. The Morgan fingerprint density at radius 1 is 0.463 bits per heavy atom. The lowest BCUT2D eigenvalue weighted by atomic mass is 9.87. The van der Waals surface area contributed by atoms with Crippen molar-refractivity contribution in [3.05, 3.63) is 172 Å². The lowest BCUT2D eigenvalue weighted by molar-refractivity contribution is 0.156. The Morgan fingerprint density at radius 3 is 1.37 bits per heavy atom. The summed E-state index contributed by atoms with van der Waals surface area (Å²) in [5.41, 5.74) is 9.13. The van der Waals surface area contributed by atoms with Gasteiger partial charge in [-0.25, -0.2) is 22.0 Å². The van der Waals surface area contributed by atoms with Crippen molar-refractivity contribution >= 4 is 0 Å². The topological polar surface area (TPSA) is 25.4 Å². The first kappa shape index (κ1) is 69.4. The maximum Gasteiger partial charge on any atom is 0.144 e. The zero-order chi connectivity index (χ0) is 59.7. The molecule has 5 atom stereocenters. The molecule has 5 unspecified atom stereocenters. The summed E-state index contributed by atoms with van der Waals surface area (Å²) in [6.45, 7) is 8.24. The monoisotopic (exact) mass is 1120 g/mol. The van der Waals surface area contributed by atoms with Crippen molar-refractivity contribution in [1.82, 2.24) is 24.5 Å². The Morgan fingerprint density at radius 2 is 0.890 bits per heavy atom. The fourth-order valence-electron chi connectivity index (χ4n) is 10.1. The zero-order valence-electron chi connectivity index (χ0n) is 49.1. The Labute approximate surface area is 490 Å². The van der Waals surface area contributed by atoms with E-state index in [0.29, 0.717) is 76.2 Å². The Kier molecular flexibility index (Phi) is 35.6. The number of ether oxygens (including phenoxy) is 1. The second kappa shape index (κ2) is 42.0. The lowest BCUT2D eigenvalue weighted by Crippen LogP contribution is -2.36. The van der Waals surface area contributed by atoms with Crippen molar-refractivity contribution in [3.8, 4) is 67.5 Å². The van der Waals surface area contributed by atoms with Gasteiger partial charge < -0.3 is 4.74 Å². The summed E-state index contributed by atoms with van der Waals surface area (Å²) >= 11 is 0. The van der Waals surface area contributed by atoms with Crippen LogP contribution in [0.3, 0.4) is 0 Å². The molecule has 7 rings (SSSR count). The van der Waals surface area contributed by atoms with E-state index in [4.69, 9.17) is 36.9 Å². The molecule has 0 saturated heterocycles. The normalized spacial score (nSPS) is 14.8.